The van der Waals surface area contributed by atoms with Crippen LogP contribution < -0.4 is 11.1 Å². The molecule has 1 aliphatic heterocycles. The maximum Gasteiger partial charge on any atom is 0.203 e. The van der Waals surface area contributed by atoms with Crippen molar-refractivity contribution in [1.82, 2.24) is 9.55 Å². The van der Waals surface area contributed by atoms with Crippen molar-refractivity contribution in [2.45, 2.75) is 12.6 Å². The minimum absolute atomic E-state index is 0.181. The fourth-order valence-corrected chi connectivity index (χ4v) is 1.92. The summed E-state index contributed by atoms with van der Waals surface area (Å²) < 4.78 is 2.14. The number of rotatable bonds is 0. The van der Waals surface area contributed by atoms with Gasteiger partial charge in [0.2, 0.25) is 5.95 Å². The molecule has 0 aliphatic carbocycles. The van der Waals surface area contributed by atoms with Crippen LogP contribution >= 0.6 is 0 Å². The molecule has 4 nitrogen and oxygen atoms in total. The quantitative estimate of drug-likeness (QED) is 0.642. The lowest BCUT2D eigenvalue weighted by molar-refractivity contribution is 0.553. The number of para-hydroxylation sites is 2. The topological polar surface area (TPSA) is 55.9 Å². The van der Waals surface area contributed by atoms with Crippen LogP contribution in [0.5, 0.6) is 0 Å². The van der Waals surface area contributed by atoms with Crippen molar-refractivity contribution in [1.29, 1.82) is 0 Å². The van der Waals surface area contributed by atoms with Crippen LogP contribution in [-0.4, -0.2) is 22.1 Å². The van der Waals surface area contributed by atoms with Crippen molar-refractivity contribution in [3.63, 3.8) is 0 Å². The van der Waals surface area contributed by atoms with E-state index in [0.717, 1.165) is 30.1 Å². The van der Waals surface area contributed by atoms with Crippen LogP contribution in [0.2, 0.25) is 0 Å². The molecule has 0 saturated carbocycles. The Balaban J connectivity index is 2.25. The lowest BCUT2D eigenvalue weighted by atomic mass is 10.2. The largest absolute Gasteiger partial charge is 0.354 e. The molecule has 0 saturated heterocycles. The molecule has 1 atom stereocenters. The van der Waals surface area contributed by atoms with Gasteiger partial charge in [-0.2, -0.15) is 0 Å². The summed E-state index contributed by atoms with van der Waals surface area (Å²) in [5.74, 6) is 0.938. The third-order valence-electron chi connectivity index (χ3n) is 2.59. The fraction of sp³-hybridized carbons (Fsp3) is 0.300. The van der Waals surface area contributed by atoms with E-state index in [2.05, 4.69) is 20.9 Å². The van der Waals surface area contributed by atoms with E-state index in [1.54, 1.807) is 0 Å². The standard InChI is InChI=1S/C10H12N4/c11-7-5-12-10-13-8-3-1-2-4-9(8)14(10)6-7/h1-4,7H,5-6,11H2,(H,12,13). The lowest BCUT2D eigenvalue weighted by Gasteiger charge is -2.21. The van der Waals surface area contributed by atoms with Gasteiger partial charge in [-0.05, 0) is 12.1 Å². The Bertz CT molecular complexity index is 474. The number of nitrogens with zero attached hydrogens (tertiary/aromatic N) is 2. The molecule has 72 valence electrons. The highest BCUT2D eigenvalue weighted by atomic mass is 15.2. The first-order valence-corrected chi connectivity index (χ1v) is 4.79. The highest BCUT2D eigenvalue weighted by Crippen LogP contribution is 2.21. The Kier molecular flexibility index (Phi) is 1.52. The van der Waals surface area contributed by atoms with Gasteiger partial charge in [0, 0.05) is 19.1 Å². The van der Waals surface area contributed by atoms with Crippen LogP contribution in [0.1, 0.15) is 0 Å². The summed E-state index contributed by atoms with van der Waals surface area (Å²) in [6.07, 6.45) is 0. The first-order chi connectivity index (χ1) is 6.84. The third-order valence-corrected chi connectivity index (χ3v) is 2.59. The van der Waals surface area contributed by atoms with Gasteiger partial charge in [0.15, 0.2) is 0 Å². The van der Waals surface area contributed by atoms with Gasteiger partial charge < -0.3 is 15.6 Å². The number of aromatic nitrogens is 2. The van der Waals surface area contributed by atoms with E-state index in [0.29, 0.717) is 0 Å². The fourth-order valence-electron chi connectivity index (χ4n) is 1.92. The number of imidazole rings is 1. The maximum absolute atomic E-state index is 5.89. The number of anilines is 1. The molecule has 0 radical (unpaired) electrons. The van der Waals surface area contributed by atoms with Crippen molar-refractivity contribution < 1.29 is 0 Å². The maximum atomic E-state index is 5.89. The van der Waals surface area contributed by atoms with Crippen LogP contribution in [0.15, 0.2) is 24.3 Å². The Morgan fingerprint density at radius 1 is 1.43 bits per heavy atom. The molecule has 0 spiro atoms. The van der Waals surface area contributed by atoms with Crippen LogP contribution in [-0.2, 0) is 6.54 Å². The third kappa shape index (κ3) is 1.01. The molecule has 2 heterocycles. The summed E-state index contributed by atoms with van der Waals surface area (Å²) in [5.41, 5.74) is 8.08. The van der Waals surface area contributed by atoms with Gasteiger partial charge in [0.25, 0.3) is 0 Å². The highest BCUT2D eigenvalue weighted by Gasteiger charge is 2.17. The zero-order valence-electron chi connectivity index (χ0n) is 7.77. The normalized spacial score (nSPS) is 20.5. The molecule has 2 aromatic rings. The van der Waals surface area contributed by atoms with Crippen molar-refractivity contribution in [3.05, 3.63) is 24.3 Å². The minimum Gasteiger partial charge on any atom is -0.354 e. The SMILES string of the molecule is NC1CNc2nc3ccccc3n2C1. The Hall–Kier alpha value is -1.55. The summed E-state index contributed by atoms with van der Waals surface area (Å²) in [6.45, 7) is 1.66. The number of hydrogen-bond acceptors (Lipinski definition) is 3. The van der Waals surface area contributed by atoms with E-state index < -0.39 is 0 Å². The molecule has 1 aromatic heterocycles. The van der Waals surface area contributed by atoms with Gasteiger partial charge in [-0.1, -0.05) is 12.1 Å². The smallest absolute Gasteiger partial charge is 0.203 e. The van der Waals surface area contributed by atoms with Gasteiger partial charge in [0.05, 0.1) is 11.0 Å². The van der Waals surface area contributed by atoms with Crippen molar-refractivity contribution >= 4 is 17.0 Å². The van der Waals surface area contributed by atoms with Crippen molar-refractivity contribution in [3.8, 4) is 0 Å². The lowest BCUT2D eigenvalue weighted by Crippen LogP contribution is -2.38. The first kappa shape index (κ1) is 7.82. The van der Waals surface area contributed by atoms with Crippen LogP contribution in [0.3, 0.4) is 0 Å². The van der Waals surface area contributed by atoms with Crippen LogP contribution in [0, 0.1) is 0 Å². The van der Waals surface area contributed by atoms with Gasteiger partial charge in [0.1, 0.15) is 0 Å². The van der Waals surface area contributed by atoms with Gasteiger partial charge in [-0.15, -0.1) is 0 Å². The van der Waals surface area contributed by atoms with Crippen LogP contribution in [0.25, 0.3) is 11.0 Å². The Morgan fingerprint density at radius 3 is 3.21 bits per heavy atom. The van der Waals surface area contributed by atoms with E-state index in [9.17, 15) is 0 Å². The molecule has 0 bridgehead atoms. The van der Waals surface area contributed by atoms with Crippen molar-refractivity contribution in [2.75, 3.05) is 11.9 Å². The first-order valence-electron chi connectivity index (χ1n) is 4.79. The number of hydrogen-bond donors (Lipinski definition) is 2. The summed E-state index contributed by atoms with van der Waals surface area (Å²) in [7, 11) is 0. The zero-order chi connectivity index (χ0) is 9.54. The second-order valence-electron chi connectivity index (χ2n) is 3.68. The second kappa shape index (κ2) is 2.72. The predicted molar refractivity (Wildman–Crippen MR) is 56.2 cm³/mol. The molecule has 1 aromatic carbocycles. The summed E-state index contributed by atoms with van der Waals surface area (Å²) in [4.78, 5) is 4.48. The van der Waals surface area contributed by atoms with Gasteiger partial charge in [-0.25, -0.2) is 4.98 Å². The molecule has 14 heavy (non-hydrogen) atoms. The minimum atomic E-state index is 0.181. The number of nitrogens with two attached hydrogens (primary N) is 1. The second-order valence-corrected chi connectivity index (χ2v) is 3.68. The molecule has 1 unspecified atom stereocenters. The van der Waals surface area contributed by atoms with E-state index in [-0.39, 0.29) is 6.04 Å². The summed E-state index contributed by atoms with van der Waals surface area (Å²) in [6, 6.07) is 8.30. The van der Waals surface area contributed by atoms with E-state index in [4.69, 9.17) is 5.73 Å². The van der Waals surface area contributed by atoms with Crippen molar-refractivity contribution in [2.24, 2.45) is 5.73 Å². The molecule has 3 N–H and O–H groups in total. The average Bonchev–Trinajstić information content (AvgIpc) is 2.56. The number of nitrogens with one attached hydrogen (secondary N) is 1. The average molecular weight is 188 g/mol. The number of benzene rings is 1. The number of fused-ring (bicyclic) bond motifs is 3. The van der Waals surface area contributed by atoms with E-state index in [1.165, 1.54) is 0 Å². The Morgan fingerprint density at radius 2 is 2.29 bits per heavy atom. The highest BCUT2D eigenvalue weighted by molar-refractivity contribution is 5.78. The molecular formula is C10H12N4. The summed E-state index contributed by atoms with van der Waals surface area (Å²) >= 11 is 0. The molecule has 1 aliphatic rings. The molecule has 0 amide bonds. The predicted octanol–water partition coefficient (Wildman–Crippen LogP) is 0.789. The van der Waals surface area contributed by atoms with Gasteiger partial charge >= 0.3 is 0 Å². The summed E-state index contributed by atoms with van der Waals surface area (Å²) in [5, 5.41) is 3.23. The molecule has 4 heteroatoms. The van der Waals surface area contributed by atoms with Gasteiger partial charge in [-0.3, -0.25) is 0 Å². The van der Waals surface area contributed by atoms with Crippen LogP contribution in [0.4, 0.5) is 5.95 Å². The molecule has 0 fully saturated rings. The Labute approximate surface area is 81.7 Å². The van der Waals surface area contributed by atoms with E-state index in [1.807, 2.05) is 18.2 Å². The molecular weight excluding hydrogens is 176 g/mol. The van der Waals surface area contributed by atoms with E-state index >= 15 is 0 Å². The molecule has 3 rings (SSSR count). The zero-order valence-corrected chi connectivity index (χ0v) is 7.77. The monoisotopic (exact) mass is 188 g/mol.